The Hall–Kier alpha value is -1.57. The normalized spacial score (nSPS) is 11.4. The highest BCUT2D eigenvalue weighted by atomic mass is 15.1. The van der Waals surface area contributed by atoms with Crippen LogP contribution in [0.15, 0.2) is 36.5 Å². The van der Waals surface area contributed by atoms with Gasteiger partial charge in [-0.05, 0) is 37.7 Å². The monoisotopic (exact) mass is 508 g/mol. The fourth-order valence-electron chi connectivity index (χ4n) is 5.49. The molecule has 0 unspecified atom stereocenters. The molecule has 0 spiro atoms. The Labute approximate surface area is 231 Å². The molecule has 0 bridgehead atoms. The third-order valence-electron chi connectivity index (χ3n) is 7.91. The van der Waals surface area contributed by atoms with Gasteiger partial charge < -0.3 is 4.57 Å². The summed E-state index contributed by atoms with van der Waals surface area (Å²) in [6.45, 7) is 5.74. The van der Waals surface area contributed by atoms with Crippen molar-refractivity contribution in [3.05, 3.63) is 53.6 Å². The van der Waals surface area contributed by atoms with Crippen LogP contribution in [0.1, 0.15) is 159 Å². The van der Waals surface area contributed by atoms with Gasteiger partial charge >= 0.3 is 0 Å². The molecule has 37 heavy (non-hydrogen) atoms. The van der Waals surface area contributed by atoms with Crippen LogP contribution in [0.3, 0.4) is 0 Å². The minimum Gasteiger partial charge on any atom is -0.335 e. The second-order valence-electron chi connectivity index (χ2n) is 11.4. The minimum absolute atomic E-state index is 1.10. The average Bonchev–Trinajstić information content (AvgIpc) is 3.31. The molecular formula is C35H60N2. The van der Waals surface area contributed by atoms with Gasteiger partial charge in [-0.25, -0.2) is 4.98 Å². The van der Waals surface area contributed by atoms with E-state index in [1.54, 1.807) is 0 Å². The third kappa shape index (κ3) is 16.1. The van der Waals surface area contributed by atoms with Crippen molar-refractivity contribution in [2.24, 2.45) is 0 Å². The molecule has 0 fully saturated rings. The molecule has 0 atom stereocenters. The SMILES string of the molecule is CCCCCCCCCCCCCCCCCCCn1cc(CCCc2ccccc2)nc1CCCC. The van der Waals surface area contributed by atoms with Crippen LogP contribution in [0.4, 0.5) is 0 Å². The van der Waals surface area contributed by atoms with E-state index >= 15 is 0 Å². The molecule has 0 radical (unpaired) electrons. The molecule has 0 saturated heterocycles. The maximum Gasteiger partial charge on any atom is 0.108 e. The van der Waals surface area contributed by atoms with Crippen LogP contribution in [0.25, 0.3) is 0 Å². The largest absolute Gasteiger partial charge is 0.335 e. The first-order valence-electron chi connectivity index (χ1n) is 16.4. The zero-order valence-corrected chi connectivity index (χ0v) is 24.8. The van der Waals surface area contributed by atoms with E-state index in [9.17, 15) is 0 Å². The van der Waals surface area contributed by atoms with Crippen LogP contribution >= 0.6 is 0 Å². The quantitative estimate of drug-likeness (QED) is 0.122. The van der Waals surface area contributed by atoms with Gasteiger partial charge in [-0.15, -0.1) is 0 Å². The van der Waals surface area contributed by atoms with Crippen molar-refractivity contribution in [3.8, 4) is 0 Å². The zero-order valence-electron chi connectivity index (χ0n) is 24.8. The standard InChI is InChI=1S/C35H60N2/c1-3-5-7-8-9-10-11-12-13-14-15-16-17-18-19-20-24-31-37-32-34(36-35(37)30-6-4-2)29-25-28-33-26-22-21-23-27-33/h21-23,26-27,32H,3-20,24-25,28-31H2,1-2H3. The first-order chi connectivity index (χ1) is 18.3. The first-order valence-corrected chi connectivity index (χ1v) is 16.4. The van der Waals surface area contributed by atoms with Crippen molar-refractivity contribution in [1.82, 2.24) is 9.55 Å². The van der Waals surface area contributed by atoms with Crippen LogP contribution in [-0.4, -0.2) is 9.55 Å². The fraction of sp³-hybridized carbons (Fsp3) is 0.743. The summed E-state index contributed by atoms with van der Waals surface area (Å²) >= 11 is 0. The molecule has 2 heteroatoms. The molecule has 0 amide bonds. The Balaban J connectivity index is 1.48. The number of nitrogens with zero attached hydrogens (tertiary/aromatic N) is 2. The molecule has 2 nitrogen and oxygen atoms in total. The summed E-state index contributed by atoms with van der Waals surface area (Å²) in [7, 11) is 0. The topological polar surface area (TPSA) is 17.8 Å². The first kappa shape index (κ1) is 31.6. The lowest BCUT2D eigenvalue weighted by molar-refractivity contribution is 0.515. The van der Waals surface area contributed by atoms with Gasteiger partial charge in [0.2, 0.25) is 0 Å². The number of rotatable bonds is 25. The highest BCUT2D eigenvalue weighted by Crippen LogP contribution is 2.16. The van der Waals surface area contributed by atoms with Gasteiger partial charge in [0.05, 0.1) is 5.69 Å². The Morgan fingerprint density at radius 3 is 1.57 bits per heavy atom. The number of imidazole rings is 1. The summed E-state index contributed by atoms with van der Waals surface area (Å²) in [5, 5.41) is 0. The highest BCUT2D eigenvalue weighted by molar-refractivity contribution is 5.15. The predicted octanol–water partition coefficient (Wildman–Crippen LogP) is 11.1. The third-order valence-corrected chi connectivity index (χ3v) is 7.91. The van der Waals surface area contributed by atoms with Crippen molar-refractivity contribution < 1.29 is 0 Å². The summed E-state index contributed by atoms with van der Waals surface area (Å²) in [6, 6.07) is 10.9. The lowest BCUT2D eigenvalue weighted by atomic mass is 10.0. The molecule has 1 heterocycles. The van der Waals surface area contributed by atoms with Gasteiger partial charge in [0, 0.05) is 19.2 Å². The summed E-state index contributed by atoms with van der Waals surface area (Å²) in [6.07, 6.45) is 33.8. The van der Waals surface area contributed by atoms with Crippen molar-refractivity contribution >= 4 is 0 Å². The Bertz CT molecular complexity index is 748. The highest BCUT2D eigenvalue weighted by Gasteiger charge is 2.08. The molecule has 2 aromatic rings. The van der Waals surface area contributed by atoms with E-state index in [4.69, 9.17) is 4.98 Å². The summed E-state index contributed by atoms with van der Waals surface area (Å²) in [4.78, 5) is 5.04. The van der Waals surface area contributed by atoms with Crippen molar-refractivity contribution in [2.75, 3.05) is 0 Å². The summed E-state index contributed by atoms with van der Waals surface area (Å²) < 4.78 is 2.48. The molecule has 210 valence electrons. The molecule has 0 saturated carbocycles. The molecule has 2 rings (SSSR count). The van der Waals surface area contributed by atoms with Crippen LogP contribution in [-0.2, 0) is 25.8 Å². The van der Waals surface area contributed by atoms with Crippen molar-refractivity contribution in [2.45, 2.75) is 168 Å². The number of unbranched alkanes of at least 4 members (excludes halogenated alkanes) is 17. The summed E-state index contributed by atoms with van der Waals surface area (Å²) in [5.41, 5.74) is 2.74. The fourth-order valence-corrected chi connectivity index (χ4v) is 5.49. The van der Waals surface area contributed by atoms with E-state index in [0.717, 1.165) is 25.8 Å². The summed E-state index contributed by atoms with van der Waals surface area (Å²) in [5.74, 6) is 1.33. The molecule has 1 aromatic carbocycles. The van der Waals surface area contributed by atoms with Gasteiger partial charge in [0.15, 0.2) is 0 Å². The van der Waals surface area contributed by atoms with Gasteiger partial charge in [0.1, 0.15) is 5.82 Å². The van der Waals surface area contributed by atoms with E-state index in [0.29, 0.717) is 0 Å². The van der Waals surface area contributed by atoms with E-state index in [1.165, 1.54) is 145 Å². The molecule has 0 aliphatic rings. The lowest BCUT2D eigenvalue weighted by Gasteiger charge is -2.07. The Morgan fingerprint density at radius 1 is 0.514 bits per heavy atom. The number of aromatic nitrogens is 2. The predicted molar refractivity (Wildman–Crippen MR) is 163 cm³/mol. The van der Waals surface area contributed by atoms with Crippen LogP contribution in [0.2, 0.25) is 0 Å². The van der Waals surface area contributed by atoms with E-state index in [-0.39, 0.29) is 0 Å². The Kier molecular flexibility index (Phi) is 19.2. The van der Waals surface area contributed by atoms with E-state index in [2.05, 4.69) is 54.9 Å². The number of hydrogen-bond donors (Lipinski definition) is 0. The van der Waals surface area contributed by atoms with Gasteiger partial charge in [0.25, 0.3) is 0 Å². The minimum atomic E-state index is 1.10. The van der Waals surface area contributed by atoms with Crippen LogP contribution in [0, 0.1) is 0 Å². The zero-order chi connectivity index (χ0) is 26.2. The van der Waals surface area contributed by atoms with Gasteiger partial charge in [-0.3, -0.25) is 0 Å². The Morgan fingerprint density at radius 2 is 1.03 bits per heavy atom. The molecular weight excluding hydrogens is 448 g/mol. The molecule has 0 aliphatic carbocycles. The molecule has 1 aromatic heterocycles. The number of hydrogen-bond acceptors (Lipinski definition) is 1. The maximum atomic E-state index is 5.04. The second-order valence-corrected chi connectivity index (χ2v) is 11.4. The molecule has 0 N–H and O–H groups in total. The van der Waals surface area contributed by atoms with Gasteiger partial charge in [-0.2, -0.15) is 0 Å². The molecule has 0 aliphatic heterocycles. The lowest BCUT2D eigenvalue weighted by Crippen LogP contribution is -2.03. The van der Waals surface area contributed by atoms with E-state index < -0.39 is 0 Å². The smallest absolute Gasteiger partial charge is 0.108 e. The maximum absolute atomic E-state index is 5.04. The second kappa shape index (κ2) is 22.4. The van der Waals surface area contributed by atoms with Crippen LogP contribution < -0.4 is 0 Å². The average molecular weight is 509 g/mol. The van der Waals surface area contributed by atoms with E-state index in [1.807, 2.05) is 0 Å². The van der Waals surface area contributed by atoms with Crippen molar-refractivity contribution in [3.63, 3.8) is 0 Å². The van der Waals surface area contributed by atoms with Gasteiger partial charge in [-0.1, -0.05) is 153 Å². The van der Waals surface area contributed by atoms with Crippen molar-refractivity contribution in [1.29, 1.82) is 0 Å². The number of benzene rings is 1. The number of aryl methyl sites for hydroxylation is 4. The van der Waals surface area contributed by atoms with Crippen LogP contribution in [0.5, 0.6) is 0 Å².